The number of nitrogens with zero attached hydrogens (tertiary/aromatic N) is 3. The molecule has 0 bridgehead atoms. The van der Waals surface area contributed by atoms with E-state index in [1.165, 1.54) is 22.9 Å². The van der Waals surface area contributed by atoms with Crippen molar-refractivity contribution >= 4 is 27.3 Å². The minimum absolute atomic E-state index is 0.0835. The van der Waals surface area contributed by atoms with E-state index in [0.717, 1.165) is 24.8 Å². The molecule has 5 nitrogen and oxygen atoms in total. The third kappa shape index (κ3) is 1.90. The van der Waals surface area contributed by atoms with Crippen LogP contribution in [0.15, 0.2) is 4.79 Å². The number of aromatic nitrogens is 3. The van der Waals surface area contributed by atoms with Crippen molar-refractivity contribution in [2.45, 2.75) is 45.6 Å². The Bertz CT molecular complexity index is 716. The molecular formula is C13H15N3O2S. The molecule has 1 atom stereocenters. The number of Topliss-reactive ketones (excluding diaryl/α,β-unsaturated/α-hetero) is 1. The fraction of sp³-hybridized carbons (Fsp3) is 0.538. The van der Waals surface area contributed by atoms with Crippen LogP contribution in [0.4, 0.5) is 0 Å². The van der Waals surface area contributed by atoms with Gasteiger partial charge >= 0.3 is 0 Å². The quantitative estimate of drug-likeness (QED) is 0.840. The summed E-state index contributed by atoms with van der Waals surface area (Å²) in [5.74, 6) is -0.0835. The number of ketones is 1. The van der Waals surface area contributed by atoms with Gasteiger partial charge in [0.05, 0.1) is 5.39 Å². The molecule has 19 heavy (non-hydrogen) atoms. The minimum atomic E-state index is -0.552. The number of rotatable bonds is 2. The number of thiophene rings is 1. The number of hydrogen-bond donors (Lipinski definition) is 0. The third-order valence-corrected chi connectivity index (χ3v) is 4.94. The summed E-state index contributed by atoms with van der Waals surface area (Å²) in [7, 11) is 0. The highest BCUT2D eigenvalue weighted by Gasteiger charge is 2.22. The summed E-state index contributed by atoms with van der Waals surface area (Å²) in [6, 6.07) is -0.552. The minimum Gasteiger partial charge on any atom is -0.298 e. The van der Waals surface area contributed by atoms with Crippen LogP contribution in [0.5, 0.6) is 0 Å². The van der Waals surface area contributed by atoms with Crippen LogP contribution >= 0.6 is 11.3 Å². The Balaban J connectivity index is 2.26. The lowest BCUT2D eigenvalue weighted by Crippen LogP contribution is -2.30. The zero-order valence-electron chi connectivity index (χ0n) is 11.0. The molecule has 0 aromatic carbocycles. The molecule has 0 amide bonds. The summed E-state index contributed by atoms with van der Waals surface area (Å²) in [6.07, 6.45) is 4.25. The van der Waals surface area contributed by atoms with Crippen LogP contribution in [0.3, 0.4) is 0 Å². The second-order valence-corrected chi connectivity index (χ2v) is 6.10. The smallest absolute Gasteiger partial charge is 0.279 e. The normalized spacial score (nSPS) is 16.3. The van der Waals surface area contributed by atoms with E-state index < -0.39 is 6.04 Å². The molecule has 0 N–H and O–H groups in total. The monoisotopic (exact) mass is 277 g/mol. The Hall–Kier alpha value is -1.56. The fourth-order valence-electron chi connectivity index (χ4n) is 2.51. The first kappa shape index (κ1) is 12.5. The van der Waals surface area contributed by atoms with Gasteiger partial charge in [-0.15, -0.1) is 16.4 Å². The van der Waals surface area contributed by atoms with Gasteiger partial charge in [0.2, 0.25) is 0 Å². The molecule has 3 rings (SSSR count). The lowest BCUT2D eigenvalue weighted by atomic mass is 9.97. The van der Waals surface area contributed by atoms with E-state index in [1.807, 2.05) is 0 Å². The molecule has 0 saturated heterocycles. The van der Waals surface area contributed by atoms with Crippen molar-refractivity contribution in [1.82, 2.24) is 15.0 Å². The van der Waals surface area contributed by atoms with E-state index in [4.69, 9.17) is 0 Å². The fourth-order valence-corrected chi connectivity index (χ4v) is 3.71. The van der Waals surface area contributed by atoms with Crippen molar-refractivity contribution in [3.05, 3.63) is 20.8 Å². The molecule has 1 aliphatic rings. The van der Waals surface area contributed by atoms with Crippen molar-refractivity contribution in [2.24, 2.45) is 0 Å². The summed E-state index contributed by atoms with van der Waals surface area (Å²) in [4.78, 5) is 25.9. The number of aryl methyl sites for hydroxylation is 2. The molecule has 100 valence electrons. The van der Waals surface area contributed by atoms with Crippen molar-refractivity contribution in [1.29, 1.82) is 0 Å². The number of hydrogen-bond acceptors (Lipinski definition) is 5. The van der Waals surface area contributed by atoms with Crippen molar-refractivity contribution in [3.63, 3.8) is 0 Å². The van der Waals surface area contributed by atoms with E-state index in [2.05, 4.69) is 10.3 Å². The van der Waals surface area contributed by atoms with Gasteiger partial charge in [0.25, 0.3) is 5.56 Å². The largest absolute Gasteiger partial charge is 0.298 e. The highest BCUT2D eigenvalue weighted by Crippen LogP contribution is 2.33. The second-order valence-electron chi connectivity index (χ2n) is 5.02. The van der Waals surface area contributed by atoms with E-state index in [-0.39, 0.29) is 11.3 Å². The lowest BCUT2D eigenvalue weighted by molar-refractivity contribution is -0.120. The zero-order chi connectivity index (χ0) is 13.6. The number of carbonyl (C=O) groups is 1. The summed E-state index contributed by atoms with van der Waals surface area (Å²) in [6.45, 7) is 3.15. The predicted molar refractivity (Wildman–Crippen MR) is 73.7 cm³/mol. The van der Waals surface area contributed by atoms with Gasteiger partial charge < -0.3 is 0 Å². The van der Waals surface area contributed by atoms with E-state index in [9.17, 15) is 9.59 Å². The van der Waals surface area contributed by atoms with Crippen LogP contribution in [-0.2, 0) is 17.6 Å². The van der Waals surface area contributed by atoms with Crippen LogP contribution < -0.4 is 5.56 Å². The SMILES string of the molecule is CC(=O)[C@H](C)n1nnc2sc3c(c2c1=O)CCCC3. The van der Waals surface area contributed by atoms with Gasteiger partial charge in [0, 0.05) is 4.88 Å². The molecule has 0 spiro atoms. The topological polar surface area (TPSA) is 64.8 Å². The van der Waals surface area contributed by atoms with Crippen LogP contribution in [0, 0.1) is 0 Å². The molecule has 6 heteroatoms. The van der Waals surface area contributed by atoms with Crippen LogP contribution in [-0.4, -0.2) is 20.8 Å². The average Bonchev–Trinajstić information content (AvgIpc) is 2.77. The van der Waals surface area contributed by atoms with Gasteiger partial charge in [0.15, 0.2) is 10.6 Å². The molecule has 1 aliphatic carbocycles. The van der Waals surface area contributed by atoms with Crippen LogP contribution in [0.2, 0.25) is 0 Å². The summed E-state index contributed by atoms with van der Waals surface area (Å²) in [5.41, 5.74) is 0.961. The van der Waals surface area contributed by atoms with Crippen molar-refractivity contribution in [2.75, 3.05) is 0 Å². The van der Waals surface area contributed by atoms with Gasteiger partial charge in [-0.25, -0.2) is 4.68 Å². The summed E-state index contributed by atoms with van der Waals surface area (Å²) >= 11 is 1.57. The van der Waals surface area contributed by atoms with Gasteiger partial charge in [0.1, 0.15) is 6.04 Å². The summed E-state index contributed by atoms with van der Waals surface area (Å²) < 4.78 is 1.21. The maximum atomic E-state index is 12.5. The van der Waals surface area contributed by atoms with Crippen molar-refractivity contribution < 1.29 is 4.79 Å². The van der Waals surface area contributed by atoms with Crippen molar-refractivity contribution in [3.8, 4) is 0 Å². The van der Waals surface area contributed by atoms with Gasteiger partial charge in [-0.05, 0) is 45.1 Å². The first-order valence-corrected chi connectivity index (χ1v) is 7.31. The molecule has 0 saturated carbocycles. The Kier molecular flexibility index (Phi) is 2.97. The van der Waals surface area contributed by atoms with Gasteiger partial charge in [-0.2, -0.15) is 0 Å². The van der Waals surface area contributed by atoms with Gasteiger partial charge in [-0.3, -0.25) is 9.59 Å². The molecule has 2 heterocycles. The second kappa shape index (κ2) is 4.52. The molecular weight excluding hydrogens is 262 g/mol. The first-order valence-electron chi connectivity index (χ1n) is 6.50. The highest BCUT2D eigenvalue weighted by atomic mass is 32.1. The maximum Gasteiger partial charge on any atom is 0.279 e. The number of fused-ring (bicyclic) bond motifs is 3. The Morgan fingerprint density at radius 3 is 2.84 bits per heavy atom. The molecule has 0 aliphatic heterocycles. The average molecular weight is 277 g/mol. The Morgan fingerprint density at radius 1 is 1.37 bits per heavy atom. The Labute approximate surface area is 114 Å². The standard InChI is InChI=1S/C13H15N3O2S/c1-7(8(2)17)16-13(18)11-9-5-3-4-6-10(9)19-12(11)14-15-16/h7H,3-6H2,1-2H3/t7-/m0/s1. The molecule has 0 unspecified atom stereocenters. The highest BCUT2D eigenvalue weighted by molar-refractivity contribution is 7.18. The maximum absolute atomic E-state index is 12.5. The van der Waals surface area contributed by atoms with Crippen LogP contribution in [0.1, 0.15) is 43.2 Å². The molecule has 2 aromatic rings. The van der Waals surface area contributed by atoms with E-state index in [0.29, 0.717) is 10.2 Å². The predicted octanol–water partition coefficient (Wildman–Crippen LogP) is 1.88. The first-order chi connectivity index (χ1) is 9.09. The summed E-state index contributed by atoms with van der Waals surface area (Å²) in [5, 5.41) is 8.73. The lowest BCUT2D eigenvalue weighted by Gasteiger charge is -2.11. The molecule has 2 aromatic heterocycles. The Morgan fingerprint density at radius 2 is 2.11 bits per heavy atom. The number of carbonyl (C=O) groups excluding carboxylic acids is 1. The third-order valence-electron chi connectivity index (χ3n) is 3.76. The van der Waals surface area contributed by atoms with Crippen LogP contribution in [0.25, 0.3) is 10.2 Å². The zero-order valence-corrected chi connectivity index (χ0v) is 11.8. The molecule has 0 fully saturated rings. The van der Waals surface area contributed by atoms with E-state index >= 15 is 0 Å². The molecule has 0 radical (unpaired) electrons. The van der Waals surface area contributed by atoms with E-state index in [1.54, 1.807) is 18.3 Å². The van der Waals surface area contributed by atoms with Gasteiger partial charge in [-0.1, -0.05) is 5.21 Å².